The number of methoxy groups -OCH3 is 1. The van der Waals surface area contributed by atoms with Crippen LogP contribution in [0.5, 0.6) is 5.75 Å². The Bertz CT molecular complexity index is 551. The van der Waals surface area contributed by atoms with Gasteiger partial charge >= 0.3 is 0 Å². The highest BCUT2D eigenvalue weighted by molar-refractivity contribution is 5.95. The summed E-state index contributed by atoms with van der Waals surface area (Å²) in [7, 11) is 1.52. The van der Waals surface area contributed by atoms with E-state index >= 15 is 0 Å². The zero-order chi connectivity index (χ0) is 15.2. The fourth-order valence-electron chi connectivity index (χ4n) is 2.97. The third-order valence-electron chi connectivity index (χ3n) is 4.16. The molecule has 5 nitrogen and oxygen atoms in total. The maximum Gasteiger partial charge on any atom is 0.227 e. The number of nitriles is 1. The Morgan fingerprint density at radius 3 is 2.90 bits per heavy atom. The zero-order valence-electron chi connectivity index (χ0n) is 12.3. The molecule has 0 heterocycles. The average Bonchev–Trinajstić information content (AvgIpc) is 2.54. The Morgan fingerprint density at radius 1 is 1.48 bits per heavy atom. The van der Waals surface area contributed by atoms with Crippen LogP contribution in [-0.2, 0) is 4.79 Å². The van der Waals surface area contributed by atoms with Crippen molar-refractivity contribution in [2.75, 3.05) is 19.0 Å². The highest BCUT2D eigenvalue weighted by Gasteiger charge is 2.30. The van der Waals surface area contributed by atoms with Gasteiger partial charge in [-0.25, -0.2) is 0 Å². The van der Waals surface area contributed by atoms with Crippen LogP contribution < -0.4 is 15.8 Å². The number of para-hydroxylation sites is 1. The number of anilines is 1. The molecule has 3 N–H and O–H groups in total. The first-order valence-electron chi connectivity index (χ1n) is 7.29. The van der Waals surface area contributed by atoms with Crippen LogP contribution in [0.1, 0.15) is 31.2 Å². The van der Waals surface area contributed by atoms with E-state index in [1.165, 1.54) is 7.11 Å². The van der Waals surface area contributed by atoms with Crippen molar-refractivity contribution in [3.05, 3.63) is 23.8 Å². The van der Waals surface area contributed by atoms with Crippen molar-refractivity contribution in [2.24, 2.45) is 17.6 Å². The molecular formula is C16H21N3O2. The van der Waals surface area contributed by atoms with Crippen LogP contribution in [0.15, 0.2) is 18.2 Å². The van der Waals surface area contributed by atoms with Crippen LogP contribution in [0, 0.1) is 23.2 Å². The van der Waals surface area contributed by atoms with Crippen LogP contribution in [-0.4, -0.2) is 19.6 Å². The number of benzene rings is 1. The predicted octanol–water partition coefficient (Wildman–Crippen LogP) is 2.27. The van der Waals surface area contributed by atoms with Gasteiger partial charge in [-0.1, -0.05) is 18.9 Å². The van der Waals surface area contributed by atoms with Crippen molar-refractivity contribution >= 4 is 11.6 Å². The second-order valence-corrected chi connectivity index (χ2v) is 5.37. The lowest BCUT2D eigenvalue weighted by molar-refractivity contribution is -0.122. The van der Waals surface area contributed by atoms with Crippen LogP contribution in [0.2, 0.25) is 0 Å². The molecule has 0 aliphatic heterocycles. The smallest absolute Gasteiger partial charge is 0.227 e. The van der Waals surface area contributed by atoms with E-state index in [2.05, 4.69) is 11.4 Å². The maximum atomic E-state index is 12.5. The molecule has 0 radical (unpaired) electrons. The molecule has 1 saturated carbocycles. The van der Waals surface area contributed by atoms with Crippen LogP contribution in [0.3, 0.4) is 0 Å². The van der Waals surface area contributed by atoms with Crippen LogP contribution in [0.4, 0.5) is 5.69 Å². The van der Waals surface area contributed by atoms with Gasteiger partial charge in [0.05, 0.1) is 12.7 Å². The van der Waals surface area contributed by atoms with Gasteiger partial charge in [0.1, 0.15) is 17.5 Å². The molecule has 1 aromatic carbocycles. The molecule has 2 unspecified atom stereocenters. The normalized spacial score (nSPS) is 21.4. The van der Waals surface area contributed by atoms with E-state index < -0.39 is 0 Å². The van der Waals surface area contributed by atoms with Crippen molar-refractivity contribution in [3.8, 4) is 11.8 Å². The Morgan fingerprint density at radius 2 is 2.24 bits per heavy atom. The Kier molecular flexibility index (Phi) is 5.18. The van der Waals surface area contributed by atoms with E-state index in [1.807, 2.05) is 0 Å². The summed E-state index contributed by atoms with van der Waals surface area (Å²) in [5.41, 5.74) is 6.64. The topological polar surface area (TPSA) is 88.1 Å². The lowest BCUT2D eigenvalue weighted by Gasteiger charge is -2.29. The van der Waals surface area contributed by atoms with E-state index in [4.69, 9.17) is 10.5 Å². The van der Waals surface area contributed by atoms with Gasteiger partial charge in [0.15, 0.2) is 0 Å². The molecule has 2 atom stereocenters. The zero-order valence-corrected chi connectivity index (χ0v) is 12.3. The van der Waals surface area contributed by atoms with E-state index in [1.54, 1.807) is 18.2 Å². The van der Waals surface area contributed by atoms with Gasteiger partial charge in [-0.2, -0.15) is 5.26 Å². The monoisotopic (exact) mass is 287 g/mol. The Balaban J connectivity index is 2.21. The molecule has 1 aliphatic rings. The number of hydrogen-bond acceptors (Lipinski definition) is 4. The molecule has 1 fully saturated rings. The molecule has 0 saturated heterocycles. The van der Waals surface area contributed by atoms with Gasteiger partial charge < -0.3 is 15.8 Å². The van der Waals surface area contributed by atoms with E-state index in [0.717, 1.165) is 25.7 Å². The molecule has 112 valence electrons. The summed E-state index contributed by atoms with van der Waals surface area (Å²) < 4.78 is 5.24. The van der Waals surface area contributed by atoms with Crippen molar-refractivity contribution in [2.45, 2.75) is 25.7 Å². The highest BCUT2D eigenvalue weighted by Crippen LogP contribution is 2.33. The molecule has 1 amide bonds. The molecule has 0 bridgehead atoms. The number of nitrogens with two attached hydrogens (primary N) is 1. The summed E-state index contributed by atoms with van der Waals surface area (Å²) in [4.78, 5) is 12.5. The van der Waals surface area contributed by atoms with Gasteiger partial charge in [-0.15, -0.1) is 0 Å². The minimum atomic E-state index is -0.0831. The number of hydrogen-bond donors (Lipinski definition) is 2. The van der Waals surface area contributed by atoms with Crippen molar-refractivity contribution in [1.82, 2.24) is 0 Å². The highest BCUT2D eigenvalue weighted by atomic mass is 16.5. The third kappa shape index (κ3) is 3.34. The minimum Gasteiger partial charge on any atom is -0.495 e. The molecule has 21 heavy (non-hydrogen) atoms. The molecule has 0 aromatic heterocycles. The van der Waals surface area contributed by atoms with Gasteiger partial charge in [0.2, 0.25) is 5.91 Å². The lowest BCUT2D eigenvalue weighted by atomic mass is 9.78. The van der Waals surface area contributed by atoms with E-state index in [-0.39, 0.29) is 17.7 Å². The molecule has 1 aliphatic carbocycles. The number of carbonyl (C=O) groups is 1. The van der Waals surface area contributed by atoms with E-state index in [9.17, 15) is 10.1 Å². The summed E-state index contributed by atoms with van der Waals surface area (Å²) in [5.74, 6) is 0.577. The fourth-order valence-corrected chi connectivity index (χ4v) is 2.97. The Labute approximate surface area is 125 Å². The summed E-state index contributed by atoms with van der Waals surface area (Å²) in [6.45, 7) is 0.523. The SMILES string of the molecule is COc1cccc(C#N)c1NC(=O)C1CCCCC1CN. The standard InChI is InChI=1S/C16H21N3O2/c1-21-14-8-4-6-12(10-18)15(14)19-16(20)13-7-3-2-5-11(13)9-17/h4,6,8,11,13H,2-3,5,7,9,17H2,1H3,(H,19,20). The number of nitrogens with zero attached hydrogens (tertiary/aromatic N) is 1. The maximum absolute atomic E-state index is 12.5. The third-order valence-corrected chi connectivity index (χ3v) is 4.16. The van der Waals surface area contributed by atoms with Crippen LogP contribution in [0.25, 0.3) is 0 Å². The largest absolute Gasteiger partial charge is 0.495 e. The first-order valence-corrected chi connectivity index (χ1v) is 7.29. The fraction of sp³-hybridized carbons (Fsp3) is 0.500. The summed E-state index contributed by atoms with van der Waals surface area (Å²) in [5, 5.41) is 12.1. The number of ether oxygens (including phenoxy) is 1. The average molecular weight is 287 g/mol. The summed E-state index contributed by atoms with van der Waals surface area (Å²) in [6, 6.07) is 7.22. The van der Waals surface area contributed by atoms with Gasteiger partial charge in [-0.05, 0) is 37.4 Å². The first-order chi connectivity index (χ1) is 10.2. The van der Waals surface area contributed by atoms with Gasteiger partial charge in [0.25, 0.3) is 0 Å². The van der Waals surface area contributed by atoms with Crippen LogP contribution >= 0.6 is 0 Å². The number of carbonyl (C=O) groups excluding carboxylic acids is 1. The number of amides is 1. The summed E-state index contributed by atoms with van der Waals surface area (Å²) >= 11 is 0. The quantitative estimate of drug-likeness (QED) is 0.889. The predicted molar refractivity (Wildman–Crippen MR) is 80.8 cm³/mol. The number of nitrogens with one attached hydrogen (secondary N) is 1. The van der Waals surface area contributed by atoms with Crippen molar-refractivity contribution in [1.29, 1.82) is 5.26 Å². The molecule has 2 rings (SSSR count). The second-order valence-electron chi connectivity index (χ2n) is 5.37. The Hall–Kier alpha value is -2.06. The van der Waals surface area contributed by atoms with Gasteiger partial charge in [-0.3, -0.25) is 4.79 Å². The lowest BCUT2D eigenvalue weighted by Crippen LogP contribution is -2.35. The number of rotatable bonds is 4. The summed E-state index contributed by atoms with van der Waals surface area (Å²) in [6.07, 6.45) is 4.02. The van der Waals surface area contributed by atoms with Crippen molar-refractivity contribution in [3.63, 3.8) is 0 Å². The molecule has 0 spiro atoms. The molecule has 1 aromatic rings. The minimum absolute atomic E-state index is 0.0637. The van der Waals surface area contributed by atoms with E-state index in [0.29, 0.717) is 23.5 Å². The molecular weight excluding hydrogens is 266 g/mol. The molecule has 5 heteroatoms. The van der Waals surface area contributed by atoms with Gasteiger partial charge in [0, 0.05) is 5.92 Å². The van der Waals surface area contributed by atoms with Crippen molar-refractivity contribution < 1.29 is 9.53 Å². The first kappa shape index (κ1) is 15.3. The second kappa shape index (κ2) is 7.09.